The summed E-state index contributed by atoms with van der Waals surface area (Å²) >= 11 is 6.37. The second-order valence-electron chi connectivity index (χ2n) is 9.00. The van der Waals surface area contributed by atoms with E-state index in [-0.39, 0.29) is 11.9 Å². The van der Waals surface area contributed by atoms with Crippen molar-refractivity contribution in [2.24, 2.45) is 0 Å². The largest absolute Gasteiger partial charge is 0.338 e. The number of amides is 1. The Morgan fingerprint density at radius 3 is 2.09 bits per heavy atom. The number of nitrogens with zero attached hydrogens (tertiary/aromatic N) is 1. The van der Waals surface area contributed by atoms with Crippen LogP contribution in [0.1, 0.15) is 22.3 Å². The van der Waals surface area contributed by atoms with Gasteiger partial charge in [-0.15, -0.1) is 0 Å². The summed E-state index contributed by atoms with van der Waals surface area (Å²) in [5.74, 6) is 0.160. The highest BCUT2D eigenvalue weighted by atomic mass is 35.5. The Morgan fingerprint density at radius 1 is 0.794 bits per heavy atom. The van der Waals surface area contributed by atoms with E-state index in [1.54, 1.807) is 0 Å². The summed E-state index contributed by atoms with van der Waals surface area (Å²) in [5, 5.41) is 0.659. The van der Waals surface area contributed by atoms with Gasteiger partial charge in [-0.05, 0) is 64.8 Å². The Bertz CT molecular complexity index is 1240. The number of rotatable bonds is 7. The molecule has 2 nitrogen and oxygen atoms in total. The van der Waals surface area contributed by atoms with Crippen molar-refractivity contribution >= 4 is 17.5 Å². The average Bonchev–Trinajstić information content (AvgIpc) is 3.29. The lowest BCUT2D eigenvalue weighted by Crippen LogP contribution is -2.43. The molecule has 0 unspecified atom stereocenters. The molecule has 0 atom stereocenters. The monoisotopic (exact) mass is 465 g/mol. The van der Waals surface area contributed by atoms with Gasteiger partial charge in [0.25, 0.3) is 0 Å². The van der Waals surface area contributed by atoms with E-state index < -0.39 is 0 Å². The molecule has 1 amide bonds. The van der Waals surface area contributed by atoms with Gasteiger partial charge in [-0.2, -0.15) is 0 Å². The fourth-order valence-corrected chi connectivity index (χ4v) is 5.23. The third kappa shape index (κ3) is 5.08. The molecule has 0 bridgehead atoms. The predicted octanol–water partition coefficient (Wildman–Crippen LogP) is 6.79. The van der Waals surface area contributed by atoms with Crippen LogP contribution in [-0.2, 0) is 30.5 Å². The number of carbonyl (C=O) groups excluding carboxylic acids is 1. The van der Waals surface area contributed by atoms with E-state index in [1.165, 1.54) is 16.7 Å². The summed E-state index contributed by atoms with van der Waals surface area (Å²) in [4.78, 5) is 16.0. The molecule has 0 saturated heterocycles. The zero-order chi connectivity index (χ0) is 23.3. The van der Waals surface area contributed by atoms with E-state index >= 15 is 0 Å². The normalized spacial score (nSPS) is 13.0. The van der Waals surface area contributed by atoms with Crippen molar-refractivity contribution in [3.63, 3.8) is 0 Å². The van der Waals surface area contributed by atoms with Gasteiger partial charge in [0, 0.05) is 17.6 Å². The number of halogens is 1. The summed E-state index contributed by atoms with van der Waals surface area (Å²) in [7, 11) is 0. The zero-order valence-corrected chi connectivity index (χ0v) is 19.9. The second kappa shape index (κ2) is 10.3. The minimum absolute atomic E-state index is 0.160. The molecule has 0 radical (unpaired) electrons. The Labute approximate surface area is 206 Å². The van der Waals surface area contributed by atoms with E-state index in [4.69, 9.17) is 11.6 Å². The smallest absolute Gasteiger partial charge is 0.227 e. The van der Waals surface area contributed by atoms with E-state index in [9.17, 15) is 4.79 Å². The van der Waals surface area contributed by atoms with Crippen LogP contribution in [0, 0.1) is 0 Å². The number of hydrogen-bond donors (Lipinski definition) is 0. The predicted molar refractivity (Wildman–Crippen MR) is 140 cm³/mol. The maximum atomic E-state index is 13.8. The molecule has 1 aliphatic rings. The van der Waals surface area contributed by atoms with Crippen molar-refractivity contribution in [3.8, 4) is 11.1 Å². The minimum atomic E-state index is 0.160. The molecule has 0 saturated carbocycles. The highest BCUT2D eigenvalue weighted by Gasteiger charge is 2.30. The lowest BCUT2D eigenvalue weighted by molar-refractivity contribution is -0.132. The molecule has 0 aromatic heterocycles. The van der Waals surface area contributed by atoms with Crippen LogP contribution in [0.25, 0.3) is 11.1 Å². The average molecular weight is 466 g/mol. The molecule has 0 heterocycles. The van der Waals surface area contributed by atoms with Crippen molar-refractivity contribution in [2.45, 2.75) is 31.7 Å². The van der Waals surface area contributed by atoms with Crippen molar-refractivity contribution in [1.82, 2.24) is 4.90 Å². The van der Waals surface area contributed by atoms with Gasteiger partial charge in [-0.3, -0.25) is 4.79 Å². The molecule has 34 heavy (non-hydrogen) atoms. The molecular weight excluding hydrogens is 438 g/mol. The molecule has 0 aliphatic heterocycles. The van der Waals surface area contributed by atoms with Gasteiger partial charge in [-0.25, -0.2) is 0 Å². The number of carbonyl (C=O) groups is 1. The SMILES string of the molecule is O=C(Cc1cc(Cl)ccc1-c1ccccc1)N(CCc1ccccc1)C1Cc2ccccc2C1. The van der Waals surface area contributed by atoms with Crippen LogP contribution in [0.5, 0.6) is 0 Å². The topological polar surface area (TPSA) is 20.3 Å². The fourth-order valence-electron chi connectivity index (χ4n) is 5.03. The molecular formula is C31H28ClNO. The standard InChI is InChI=1S/C31H28ClNO/c32-28-15-16-30(24-11-5-2-6-12-24)27(19-28)22-31(34)33(18-17-23-9-3-1-4-10-23)29-20-25-13-7-8-14-26(25)21-29/h1-16,19,29H,17-18,20-22H2. The maximum absolute atomic E-state index is 13.8. The highest BCUT2D eigenvalue weighted by Crippen LogP contribution is 2.29. The van der Waals surface area contributed by atoms with Crippen LogP contribution in [0.4, 0.5) is 0 Å². The second-order valence-corrected chi connectivity index (χ2v) is 9.43. The van der Waals surface area contributed by atoms with Gasteiger partial charge < -0.3 is 4.90 Å². The Kier molecular flexibility index (Phi) is 6.78. The van der Waals surface area contributed by atoms with Crippen molar-refractivity contribution < 1.29 is 4.79 Å². The Hall–Kier alpha value is -3.36. The molecule has 4 aromatic rings. The van der Waals surface area contributed by atoms with E-state index in [2.05, 4.69) is 65.6 Å². The molecule has 0 spiro atoms. The number of hydrogen-bond acceptors (Lipinski definition) is 1. The van der Waals surface area contributed by atoms with Crippen LogP contribution in [0.3, 0.4) is 0 Å². The van der Waals surface area contributed by atoms with Crippen LogP contribution in [0.2, 0.25) is 5.02 Å². The van der Waals surface area contributed by atoms with E-state index in [0.717, 1.165) is 36.0 Å². The van der Waals surface area contributed by atoms with Crippen LogP contribution >= 0.6 is 11.6 Å². The Balaban J connectivity index is 1.41. The van der Waals surface area contributed by atoms with E-state index in [1.807, 2.05) is 42.5 Å². The summed E-state index contributed by atoms with van der Waals surface area (Å²) in [6.45, 7) is 0.711. The summed E-state index contributed by atoms with van der Waals surface area (Å²) in [6, 6.07) is 35.3. The minimum Gasteiger partial charge on any atom is -0.338 e. The number of fused-ring (bicyclic) bond motifs is 1. The van der Waals surface area contributed by atoms with Gasteiger partial charge in [0.05, 0.1) is 6.42 Å². The lowest BCUT2D eigenvalue weighted by atomic mass is 9.97. The molecule has 170 valence electrons. The summed E-state index contributed by atoms with van der Waals surface area (Å²) < 4.78 is 0. The third-order valence-corrected chi connectivity index (χ3v) is 7.00. The van der Waals surface area contributed by atoms with Crippen LogP contribution in [-0.4, -0.2) is 23.4 Å². The van der Waals surface area contributed by atoms with Crippen molar-refractivity contribution in [3.05, 3.63) is 130 Å². The maximum Gasteiger partial charge on any atom is 0.227 e. The Morgan fingerprint density at radius 2 is 1.41 bits per heavy atom. The zero-order valence-electron chi connectivity index (χ0n) is 19.2. The van der Waals surface area contributed by atoms with Gasteiger partial charge in [-0.1, -0.05) is 103 Å². The van der Waals surface area contributed by atoms with Gasteiger partial charge in [0.15, 0.2) is 0 Å². The summed E-state index contributed by atoms with van der Waals surface area (Å²) in [5.41, 5.74) is 7.12. The van der Waals surface area contributed by atoms with Crippen molar-refractivity contribution in [2.75, 3.05) is 6.54 Å². The highest BCUT2D eigenvalue weighted by molar-refractivity contribution is 6.30. The van der Waals surface area contributed by atoms with Crippen molar-refractivity contribution in [1.29, 1.82) is 0 Å². The molecule has 5 rings (SSSR count). The molecule has 0 fully saturated rings. The quantitative estimate of drug-likeness (QED) is 0.294. The third-order valence-electron chi connectivity index (χ3n) is 6.77. The van der Waals surface area contributed by atoms with Gasteiger partial charge in [0.2, 0.25) is 5.91 Å². The molecule has 3 heteroatoms. The first kappa shape index (κ1) is 22.4. The van der Waals surface area contributed by atoms with Gasteiger partial charge >= 0.3 is 0 Å². The summed E-state index contributed by atoms with van der Waals surface area (Å²) in [6.07, 6.45) is 3.02. The first-order valence-corrected chi connectivity index (χ1v) is 12.3. The first-order chi connectivity index (χ1) is 16.7. The molecule has 4 aromatic carbocycles. The van der Waals surface area contributed by atoms with Crippen LogP contribution in [0.15, 0.2) is 103 Å². The lowest BCUT2D eigenvalue weighted by Gasteiger charge is -2.30. The van der Waals surface area contributed by atoms with E-state index in [0.29, 0.717) is 18.0 Å². The first-order valence-electron chi connectivity index (χ1n) is 11.9. The van der Waals surface area contributed by atoms with Crippen LogP contribution < -0.4 is 0 Å². The molecule has 0 N–H and O–H groups in total. The number of benzene rings is 4. The van der Waals surface area contributed by atoms with Gasteiger partial charge in [0.1, 0.15) is 0 Å². The fraction of sp³-hybridized carbons (Fsp3) is 0.194. The molecule has 1 aliphatic carbocycles.